The number of rotatable bonds is 2. The van der Waals surface area contributed by atoms with Crippen LogP contribution in [0.1, 0.15) is 52.7 Å². The van der Waals surface area contributed by atoms with Crippen LogP contribution >= 0.6 is 12.6 Å². The summed E-state index contributed by atoms with van der Waals surface area (Å²) in [5.41, 5.74) is 0.00662. The lowest BCUT2D eigenvalue weighted by molar-refractivity contribution is 0.382. The van der Waals surface area contributed by atoms with Crippen LogP contribution in [-0.4, -0.2) is 0 Å². The predicted octanol–water partition coefficient (Wildman–Crippen LogP) is 7.01. The molecule has 0 aromatic heterocycles. The zero-order valence-corrected chi connectivity index (χ0v) is 16.9. The fourth-order valence-corrected chi connectivity index (χ4v) is 3.10. The molecule has 0 saturated heterocycles. The van der Waals surface area contributed by atoms with Crippen LogP contribution in [0, 0.1) is 29.1 Å². The van der Waals surface area contributed by atoms with E-state index in [1.807, 2.05) is 47.6 Å². The molecule has 0 spiro atoms. The summed E-state index contributed by atoms with van der Waals surface area (Å²) >= 11 is 4.45. The number of nitrogens with one attached hydrogen (secondary N) is 1. The standard InChI is InChI=1S/C20H22F5NS/c1-19(2,3)9-7-10(20(4,5)6)18(27)11(8-9)26-17-15(24)13(22)12(21)14(23)16(17)25/h7-8,26-27H,1-6H3. The van der Waals surface area contributed by atoms with E-state index in [1.54, 1.807) is 6.07 Å². The van der Waals surface area contributed by atoms with Crippen LogP contribution in [0.25, 0.3) is 0 Å². The first kappa shape index (κ1) is 21.5. The van der Waals surface area contributed by atoms with Crippen molar-refractivity contribution in [1.29, 1.82) is 0 Å². The first-order valence-corrected chi connectivity index (χ1v) is 8.77. The van der Waals surface area contributed by atoms with Crippen molar-refractivity contribution in [3.05, 3.63) is 52.3 Å². The van der Waals surface area contributed by atoms with Gasteiger partial charge in [-0.2, -0.15) is 0 Å². The highest BCUT2D eigenvalue weighted by molar-refractivity contribution is 7.80. The molecule has 2 rings (SSSR count). The fraction of sp³-hybridized carbons (Fsp3) is 0.400. The Hall–Kier alpha value is -1.76. The molecule has 2 aromatic carbocycles. The average Bonchev–Trinajstić information content (AvgIpc) is 2.54. The summed E-state index contributed by atoms with van der Waals surface area (Å²) in [6.45, 7) is 11.7. The van der Waals surface area contributed by atoms with Gasteiger partial charge in [0.25, 0.3) is 0 Å². The molecule has 0 radical (unpaired) electrons. The van der Waals surface area contributed by atoms with Crippen LogP contribution in [0.2, 0.25) is 0 Å². The van der Waals surface area contributed by atoms with Gasteiger partial charge in [0.2, 0.25) is 5.82 Å². The van der Waals surface area contributed by atoms with E-state index in [0.29, 0.717) is 4.90 Å². The van der Waals surface area contributed by atoms with Crippen molar-refractivity contribution in [2.75, 3.05) is 5.32 Å². The first-order valence-electron chi connectivity index (χ1n) is 8.32. The van der Waals surface area contributed by atoms with Gasteiger partial charge in [0.15, 0.2) is 23.3 Å². The van der Waals surface area contributed by atoms with Gasteiger partial charge >= 0.3 is 0 Å². The normalized spacial score (nSPS) is 12.4. The van der Waals surface area contributed by atoms with Gasteiger partial charge in [-0.3, -0.25) is 0 Å². The van der Waals surface area contributed by atoms with Crippen molar-refractivity contribution < 1.29 is 22.0 Å². The quantitative estimate of drug-likeness (QED) is 0.238. The Morgan fingerprint density at radius 3 is 1.56 bits per heavy atom. The second-order valence-corrected chi connectivity index (χ2v) is 8.94. The molecule has 0 saturated carbocycles. The molecule has 27 heavy (non-hydrogen) atoms. The number of anilines is 2. The zero-order valence-electron chi connectivity index (χ0n) is 16.0. The molecule has 0 aliphatic carbocycles. The van der Waals surface area contributed by atoms with Crippen LogP contribution in [-0.2, 0) is 10.8 Å². The maximum atomic E-state index is 14.1. The minimum absolute atomic E-state index is 0.166. The average molecular weight is 403 g/mol. The van der Waals surface area contributed by atoms with E-state index in [2.05, 4.69) is 17.9 Å². The van der Waals surface area contributed by atoms with E-state index in [0.717, 1.165) is 11.1 Å². The first-order chi connectivity index (χ1) is 12.2. The van der Waals surface area contributed by atoms with Gasteiger partial charge < -0.3 is 5.32 Å². The maximum absolute atomic E-state index is 14.1. The molecule has 0 aliphatic rings. The van der Waals surface area contributed by atoms with Crippen LogP contribution in [0.3, 0.4) is 0 Å². The van der Waals surface area contributed by atoms with Crippen LogP contribution < -0.4 is 5.32 Å². The highest BCUT2D eigenvalue weighted by Crippen LogP contribution is 2.40. The summed E-state index contributed by atoms with van der Waals surface area (Å²) in [4.78, 5) is 0.374. The number of hydrogen-bond acceptors (Lipinski definition) is 2. The molecule has 0 bridgehead atoms. The Labute approximate surface area is 161 Å². The second kappa shape index (κ2) is 7.00. The molecule has 0 heterocycles. The smallest absolute Gasteiger partial charge is 0.200 e. The van der Waals surface area contributed by atoms with Gasteiger partial charge in [0, 0.05) is 4.90 Å². The van der Waals surface area contributed by atoms with Gasteiger partial charge in [0.05, 0.1) is 5.69 Å². The fourth-order valence-electron chi connectivity index (χ4n) is 2.58. The molecule has 0 fully saturated rings. The number of thiol groups is 1. The van der Waals surface area contributed by atoms with E-state index in [9.17, 15) is 22.0 Å². The molecule has 7 heteroatoms. The lowest BCUT2D eigenvalue weighted by Gasteiger charge is -2.28. The highest BCUT2D eigenvalue weighted by Gasteiger charge is 2.28. The maximum Gasteiger partial charge on any atom is 0.200 e. The molecule has 0 unspecified atom stereocenters. The molecule has 0 aliphatic heterocycles. The number of benzene rings is 2. The van der Waals surface area contributed by atoms with Gasteiger partial charge in [-0.1, -0.05) is 47.6 Å². The summed E-state index contributed by atoms with van der Waals surface area (Å²) < 4.78 is 68.5. The van der Waals surface area contributed by atoms with Crippen molar-refractivity contribution in [2.24, 2.45) is 0 Å². The third kappa shape index (κ3) is 4.08. The predicted molar refractivity (Wildman–Crippen MR) is 101 cm³/mol. The second-order valence-electron chi connectivity index (χ2n) is 8.49. The summed E-state index contributed by atoms with van der Waals surface area (Å²) in [6, 6.07) is 3.54. The van der Waals surface area contributed by atoms with Crippen molar-refractivity contribution in [3.8, 4) is 0 Å². The monoisotopic (exact) mass is 403 g/mol. The van der Waals surface area contributed by atoms with E-state index in [1.165, 1.54) is 0 Å². The molecule has 1 nitrogen and oxygen atoms in total. The van der Waals surface area contributed by atoms with Crippen molar-refractivity contribution in [2.45, 2.75) is 57.3 Å². The molecule has 0 atom stereocenters. The highest BCUT2D eigenvalue weighted by atomic mass is 32.1. The third-order valence-electron chi connectivity index (χ3n) is 4.25. The molecule has 148 valence electrons. The Morgan fingerprint density at radius 2 is 1.15 bits per heavy atom. The summed E-state index contributed by atoms with van der Waals surface area (Å²) in [5.74, 6) is -10.0. The zero-order chi connectivity index (χ0) is 20.9. The third-order valence-corrected chi connectivity index (χ3v) is 4.74. The van der Waals surface area contributed by atoms with Crippen LogP contribution in [0.4, 0.5) is 33.3 Å². The summed E-state index contributed by atoms with van der Waals surface area (Å²) in [5, 5.41) is 2.37. The minimum atomic E-state index is -2.19. The van der Waals surface area contributed by atoms with E-state index < -0.39 is 34.8 Å². The van der Waals surface area contributed by atoms with Crippen LogP contribution in [0.5, 0.6) is 0 Å². The van der Waals surface area contributed by atoms with E-state index >= 15 is 0 Å². The number of halogens is 5. The summed E-state index contributed by atoms with van der Waals surface area (Å²) in [7, 11) is 0. The number of hydrogen-bond donors (Lipinski definition) is 2. The van der Waals surface area contributed by atoms with E-state index in [-0.39, 0.29) is 16.5 Å². The van der Waals surface area contributed by atoms with Gasteiger partial charge in [-0.05, 0) is 28.0 Å². The van der Waals surface area contributed by atoms with Gasteiger partial charge in [0.1, 0.15) is 5.69 Å². The van der Waals surface area contributed by atoms with Crippen LogP contribution in [0.15, 0.2) is 17.0 Å². The largest absolute Gasteiger partial charge is 0.350 e. The molecular weight excluding hydrogens is 381 g/mol. The minimum Gasteiger partial charge on any atom is -0.350 e. The Kier molecular flexibility index (Phi) is 5.59. The SMILES string of the molecule is CC(C)(C)c1cc(Nc2c(F)c(F)c(F)c(F)c2F)c(S)c(C(C)(C)C)c1. The van der Waals surface area contributed by atoms with Crippen molar-refractivity contribution in [3.63, 3.8) is 0 Å². The Bertz CT molecular complexity index is 866. The summed E-state index contributed by atoms with van der Waals surface area (Å²) in [6.07, 6.45) is 0. The van der Waals surface area contributed by atoms with Gasteiger partial charge in [-0.25, -0.2) is 22.0 Å². The van der Waals surface area contributed by atoms with Gasteiger partial charge in [-0.15, -0.1) is 12.6 Å². The topological polar surface area (TPSA) is 12.0 Å². The molecular formula is C20H22F5NS. The lowest BCUT2D eigenvalue weighted by atomic mass is 9.80. The van der Waals surface area contributed by atoms with E-state index in [4.69, 9.17) is 0 Å². The molecule has 2 aromatic rings. The van der Waals surface area contributed by atoms with Crippen molar-refractivity contribution >= 4 is 24.0 Å². The molecule has 0 amide bonds. The lowest BCUT2D eigenvalue weighted by Crippen LogP contribution is -2.18. The Balaban J connectivity index is 2.74. The van der Waals surface area contributed by atoms with Crippen molar-refractivity contribution in [1.82, 2.24) is 0 Å². The molecule has 1 N–H and O–H groups in total. The Morgan fingerprint density at radius 1 is 0.704 bits per heavy atom.